The van der Waals surface area contributed by atoms with E-state index in [1.165, 1.54) is 0 Å². The zero-order chi connectivity index (χ0) is 43.5. The second-order valence-corrected chi connectivity index (χ2v) is 15.2. The first-order chi connectivity index (χ1) is 29.0. The van der Waals surface area contributed by atoms with Crippen molar-refractivity contribution in [2.75, 3.05) is 132 Å². The van der Waals surface area contributed by atoms with Crippen molar-refractivity contribution in [3.8, 4) is 0 Å². The van der Waals surface area contributed by atoms with Crippen molar-refractivity contribution in [2.24, 2.45) is 5.92 Å². The Labute approximate surface area is 364 Å². The zero-order valence-corrected chi connectivity index (χ0v) is 36.9. The monoisotopic (exact) mass is 886 g/mol. The van der Waals surface area contributed by atoms with Crippen LogP contribution in [0.4, 0.5) is 10.5 Å². The van der Waals surface area contributed by atoms with Crippen LogP contribution in [-0.2, 0) is 53.9 Å². The summed E-state index contributed by atoms with van der Waals surface area (Å²) in [6.07, 6.45) is -0.411. The lowest BCUT2D eigenvalue weighted by atomic mass is 10.0. The Morgan fingerprint density at radius 1 is 0.800 bits per heavy atom. The largest absolute Gasteiger partial charge is 0.447 e. The molecule has 2 aromatic rings. The molecule has 1 fully saturated rings. The lowest BCUT2D eigenvalue weighted by molar-refractivity contribution is -0.131. The molecule has 18 heteroatoms. The van der Waals surface area contributed by atoms with E-state index >= 15 is 0 Å². The molecule has 0 radical (unpaired) electrons. The van der Waals surface area contributed by atoms with Crippen molar-refractivity contribution in [3.05, 3.63) is 63.6 Å². The number of anilines is 1. The van der Waals surface area contributed by atoms with Gasteiger partial charge in [-0.15, -0.1) is 0 Å². The van der Waals surface area contributed by atoms with Gasteiger partial charge in [0, 0.05) is 39.5 Å². The Balaban J connectivity index is 1.35. The molecule has 1 aliphatic heterocycles. The smallest absolute Gasteiger partial charge is 0.407 e. The highest BCUT2D eigenvalue weighted by molar-refractivity contribution is 6.42. The first-order valence-corrected chi connectivity index (χ1v) is 21.1. The number of methoxy groups -OCH3 is 1. The highest BCUT2D eigenvalue weighted by atomic mass is 35.5. The fraction of sp³-hybridized carbons (Fsp3) is 0.643. The Morgan fingerprint density at radius 2 is 1.37 bits per heavy atom. The molecule has 16 nitrogen and oxygen atoms in total. The van der Waals surface area contributed by atoms with Gasteiger partial charge >= 0.3 is 6.09 Å². The van der Waals surface area contributed by atoms with Crippen LogP contribution in [0.1, 0.15) is 37.4 Å². The average molecular weight is 888 g/mol. The molecule has 1 aliphatic rings. The number of hydrogen-bond acceptors (Lipinski definition) is 13. The van der Waals surface area contributed by atoms with Crippen LogP contribution in [0.25, 0.3) is 0 Å². The third kappa shape index (κ3) is 20.6. The van der Waals surface area contributed by atoms with E-state index in [1.807, 2.05) is 26.0 Å². The molecule has 1 unspecified atom stereocenters. The molecule has 1 saturated heterocycles. The average Bonchev–Trinajstić information content (AvgIpc) is 3.64. The molecule has 2 aromatic carbocycles. The van der Waals surface area contributed by atoms with Crippen molar-refractivity contribution in [2.45, 2.75) is 44.9 Å². The maximum atomic E-state index is 13.6. The molecular weight excluding hydrogens is 823 g/mol. The second kappa shape index (κ2) is 30.0. The molecule has 3 N–H and O–H groups in total. The number of aliphatic hydroxyl groups is 1. The summed E-state index contributed by atoms with van der Waals surface area (Å²) in [6.45, 7) is 11.0. The predicted octanol–water partition coefficient (Wildman–Crippen LogP) is 4.24. The second-order valence-electron chi connectivity index (χ2n) is 14.4. The van der Waals surface area contributed by atoms with Gasteiger partial charge in [0.15, 0.2) is 0 Å². The maximum absolute atomic E-state index is 13.6. The van der Waals surface area contributed by atoms with Gasteiger partial charge in [-0.05, 0) is 47.7 Å². The molecule has 60 heavy (non-hydrogen) atoms. The zero-order valence-electron chi connectivity index (χ0n) is 35.4. The van der Waals surface area contributed by atoms with Gasteiger partial charge in [0.05, 0.1) is 115 Å². The first-order valence-electron chi connectivity index (χ1n) is 20.4. The van der Waals surface area contributed by atoms with Crippen molar-refractivity contribution in [1.29, 1.82) is 0 Å². The van der Waals surface area contributed by atoms with E-state index in [2.05, 4.69) is 15.5 Å². The molecule has 0 bridgehead atoms. The number of benzene rings is 2. The van der Waals surface area contributed by atoms with Crippen LogP contribution in [0.2, 0.25) is 10.0 Å². The van der Waals surface area contributed by atoms with Gasteiger partial charge in [-0.2, -0.15) is 0 Å². The van der Waals surface area contributed by atoms with E-state index in [0.717, 1.165) is 11.1 Å². The number of halogens is 2. The fourth-order valence-corrected chi connectivity index (χ4v) is 6.40. The summed E-state index contributed by atoms with van der Waals surface area (Å²) in [5.41, 5.74) is 2.02. The molecule has 338 valence electrons. The fourth-order valence-electron chi connectivity index (χ4n) is 6.08. The minimum absolute atomic E-state index is 0.0106. The molecule has 3 rings (SSSR count). The number of carbonyl (C=O) groups excluding carboxylic acids is 3. The van der Waals surface area contributed by atoms with Gasteiger partial charge in [0.1, 0.15) is 12.6 Å². The van der Waals surface area contributed by atoms with E-state index in [9.17, 15) is 19.5 Å². The molecule has 3 amide bonds. The SMILES string of the molecule is COCCOCCOCCOCCOCCOCCOCCOC(=O)NC(C(=O)Nc1cccc([C@@H](CN2CC[C@H](O)C2)N(C)C(=O)Cc2ccc(Cl)c(Cl)c2)c1)C(C)C. The van der Waals surface area contributed by atoms with Gasteiger partial charge in [0.25, 0.3) is 0 Å². The molecular formula is C42H64Cl2N4O12. The number of likely N-dealkylation sites (tertiary alicyclic amines) is 1. The predicted molar refractivity (Wildman–Crippen MR) is 228 cm³/mol. The molecule has 0 aliphatic carbocycles. The van der Waals surface area contributed by atoms with Gasteiger partial charge in [-0.3, -0.25) is 14.5 Å². The number of β-amino-alcohol motifs (C(OH)–C–C–N with tert-alkyl or cyclic N) is 1. The Kier molecular flexibility index (Phi) is 25.6. The number of carbonyl (C=O) groups is 3. The normalized spacial score (nSPS) is 15.2. The third-order valence-electron chi connectivity index (χ3n) is 9.39. The summed E-state index contributed by atoms with van der Waals surface area (Å²) in [4.78, 5) is 43.5. The number of rotatable bonds is 31. The number of likely N-dealkylation sites (N-methyl/N-ethyl adjacent to an activating group) is 1. The van der Waals surface area contributed by atoms with Gasteiger partial charge in [-0.25, -0.2) is 4.79 Å². The highest BCUT2D eigenvalue weighted by Crippen LogP contribution is 2.28. The summed E-state index contributed by atoms with van der Waals surface area (Å²) >= 11 is 12.3. The highest BCUT2D eigenvalue weighted by Gasteiger charge is 2.29. The minimum Gasteiger partial charge on any atom is -0.447 e. The Morgan fingerprint density at radius 3 is 1.88 bits per heavy atom. The van der Waals surface area contributed by atoms with Crippen molar-refractivity contribution < 1.29 is 57.4 Å². The number of alkyl carbamates (subject to hydrolysis) is 1. The summed E-state index contributed by atoms with van der Waals surface area (Å²) in [5.74, 6) is -0.816. The quantitative estimate of drug-likeness (QED) is 0.0919. The van der Waals surface area contributed by atoms with Crippen LogP contribution >= 0.6 is 23.2 Å². The molecule has 0 aromatic heterocycles. The number of amides is 3. The van der Waals surface area contributed by atoms with Crippen LogP contribution in [0.5, 0.6) is 0 Å². The molecule has 0 spiro atoms. The standard InChI is InChI=1S/C42H64Cl2N4O12/c1-31(2)40(46-42(52)60-25-24-59-23-22-58-21-20-57-19-18-56-17-16-55-15-14-54-13-12-53-4)41(51)45-34-7-5-6-33(28-34)38(30-48-11-10-35(49)29-48)47(3)39(50)27-32-8-9-36(43)37(44)26-32/h5-9,26,28,31,35,38,40,49H,10-25,27,29-30H2,1-4H3,(H,45,51)(H,46,52)/t35-,38+,40?/m0/s1. The van der Waals surface area contributed by atoms with E-state index in [-0.39, 0.29) is 31.5 Å². The van der Waals surface area contributed by atoms with Crippen LogP contribution in [0.3, 0.4) is 0 Å². The first kappa shape index (κ1) is 51.2. The summed E-state index contributed by atoms with van der Waals surface area (Å²) < 4.78 is 42.8. The topological polar surface area (TPSA) is 176 Å². The van der Waals surface area contributed by atoms with Crippen molar-refractivity contribution in [1.82, 2.24) is 15.1 Å². The molecule has 1 heterocycles. The molecule has 0 saturated carbocycles. The lowest BCUT2D eigenvalue weighted by Crippen LogP contribution is -2.47. The summed E-state index contributed by atoms with van der Waals surface area (Å²) in [7, 11) is 3.37. The Hall–Kier alpha value is -3.13. The number of nitrogens with zero attached hydrogens (tertiary/aromatic N) is 2. The summed E-state index contributed by atoms with van der Waals surface area (Å²) in [6, 6.07) is 11.1. The lowest BCUT2D eigenvalue weighted by Gasteiger charge is -2.32. The summed E-state index contributed by atoms with van der Waals surface area (Å²) in [5, 5.41) is 16.6. The number of aliphatic hydroxyl groups excluding tert-OH is 1. The van der Waals surface area contributed by atoms with Gasteiger partial charge in [-0.1, -0.05) is 55.2 Å². The maximum Gasteiger partial charge on any atom is 0.407 e. The number of ether oxygens (including phenoxy) is 8. The minimum atomic E-state index is -0.891. The molecule has 3 atom stereocenters. The number of hydrogen-bond donors (Lipinski definition) is 3. The van der Waals surface area contributed by atoms with Crippen LogP contribution in [0, 0.1) is 5.92 Å². The third-order valence-corrected chi connectivity index (χ3v) is 10.1. The van der Waals surface area contributed by atoms with E-state index in [4.69, 9.17) is 61.1 Å². The van der Waals surface area contributed by atoms with E-state index < -0.39 is 30.2 Å². The van der Waals surface area contributed by atoms with E-state index in [1.54, 1.807) is 49.4 Å². The van der Waals surface area contributed by atoms with Gasteiger partial charge < -0.3 is 58.5 Å². The Bertz CT molecular complexity index is 1540. The van der Waals surface area contributed by atoms with Crippen molar-refractivity contribution >= 4 is 46.8 Å². The van der Waals surface area contributed by atoms with Gasteiger partial charge in [0.2, 0.25) is 11.8 Å². The van der Waals surface area contributed by atoms with Crippen LogP contribution < -0.4 is 10.6 Å². The number of nitrogens with one attached hydrogen (secondary N) is 2. The van der Waals surface area contributed by atoms with Crippen LogP contribution in [0.15, 0.2) is 42.5 Å². The van der Waals surface area contributed by atoms with E-state index in [0.29, 0.717) is 121 Å². The van der Waals surface area contributed by atoms with Crippen LogP contribution in [-0.4, -0.2) is 171 Å². The van der Waals surface area contributed by atoms with Crippen molar-refractivity contribution in [3.63, 3.8) is 0 Å².